The van der Waals surface area contributed by atoms with Gasteiger partial charge in [-0.1, -0.05) is 13.8 Å². The molecule has 1 heterocycles. The molecule has 1 heteroatoms. The van der Waals surface area contributed by atoms with Crippen LogP contribution in [-0.2, 0) is 0 Å². The molecule has 1 saturated heterocycles. The highest BCUT2D eigenvalue weighted by atomic mass is 15.0. The number of hydrogen-bond acceptors (Lipinski definition) is 1. The summed E-state index contributed by atoms with van der Waals surface area (Å²) in [5, 5.41) is 3.64. The van der Waals surface area contributed by atoms with Crippen LogP contribution in [0.4, 0.5) is 0 Å². The van der Waals surface area contributed by atoms with Gasteiger partial charge >= 0.3 is 0 Å². The molecular weight excluding hydrogens is 146 g/mol. The number of fused-ring (bicyclic) bond motifs is 2. The van der Waals surface area contributed by atoms with E-state index < -0.39 is 0 Å². The predicted octanol–water partition coefficient (Wildman–Crippen LogP) is 2.03. The second kappa shape index (κ2) is 1.89. The smallest absolute Gasteiger partial charge is 0.00135 e. The van der Waals surface area contributed by atoms with Crippen molar-refractivity contribution in [1.29, 1.82) is 0 Å². The van der Waals surface area contributed by atoms with Crippen molar-refractivity contribution in [2.75, 3.05) is 13.1 Å². The summed E-state index contributed by atoms with van der Waals surface area (Å²) >= 11 is 0. The molecule has 1 N–H and O–H groups in total. The van der Waals surface area contributed by atoms with Crippen molar-refractivity contribution in [2.24, 2.45) is 22.7 Å². The number of nitrogens with one attached hydrogen (secondary N) is 1. The molecule has 0 spiro atoms. The minimum Gasteiger partial charge on any atom is -0.316 e. The Hall–Kier alpha value is -0.0400. The Balaban J connectivity index is 1.97. The fourth-order valence-electron chi connectivity index (χ4n) is 4.06. The predicted molar refractivity (Wildman–Crippen MR) is 49.9 cm³/mol. The molecule has 3 rings (SSSR count). The first-order valence-corrected chi connectivity index (χ1v) is 5.37. The van der Waals surface area contributed by atoms with Crippen LogP contribution in [0.3, 0.4) is 0 Å². The monoisotopic (exact) mass is 165 g/mol. The van der Waals surface area contributed by atoms with Gasteiger partial charge in [-0.15, -0.1) is 0 Å². The molecule has 0 aromatic carbocycles. The molecule has 0 aromatic rings. The van der Waals surface area contributed by atoms with E-state index in [1.807, 2.05) is 0 Å². The third-order valence-corrected chi connectivity index (χ3v) is 5.33. The lowest BCUT2D eigenvalue weighted by Crippen LogP contribution is -2.32. The summed E-state index contributed by atoms with van der Waals surface area (Å²) in [5.74, 6) is 2.06. The van der Waals surface area contributed by atoms with Crippen molar-refractivity contribution >= 4 is 0 Å². The molecular formula is C11H19N. The average molecular weight is 165 g/mol. The van der Waals surface area contributed by atoms with Crippen molar-refractivity contribution in [3.8, 4) is 0 Å². The molecule has 3 aliphatic rings. The zero-order valence-corrected chi connectivity index (χ0v) is 8.19. The summed E-state index contributed by atoms with van der Waals surface area (Å²) in [6.45, 7) is 7.59. The highest BCUT2D eigenvalue weighted by Crippen LogP contribution is 2.75. The van der Waals surface area contributed by atoms with Crippen molar-refractivity contribution in [3.63, 3.8) is 0 Å². The summed E-state index contributed by atoms with van der Waals surface area (Å²) < 4.78 is 0. The van der Waals surface area contributed by atoms with E-state index in [2.05, 4.69) is 19.2 Å². The lowest BCUT2D eigenvalue weighted by Gasteiger charge is -2.28. The van der Waals surface area contributed by atoms with E-state index in [-0.39, 0.29) is 0 Å². The van der Waals surface area contributed by atoms with Gasteiger partial charge in [0.1, 0.15) is 0 Å². The normalized spacial score (nSPS) is 62.5. The lowest BCUT2D eigenvalue weighted by atomic mass is 9.81. The molecule has 12 heavy (non-hydrogen) atoms. The quantitative estimate of drug-likeness (QED) is 0.579. The van der Waals surface area contributed by atoms with Crippen LogP contribution in [-0.4, -0.2) is 13.1 Å². The highest BCUT2D eigenvalue weighted by Gasteiger charge is 2.71. The molecule has 2 saturated carbocycles. The Bertz CT molecular complexity index is 225. The largest absolute Gasteiger partial charge is 0.316 e. The van der Waals surface area contributed by atoms with Gasteiger partial charge in [0.15, 0.2) is 0 Å². The van der Waals surface area contributed by atoms with E-state index in [1.54, 1.807) is 0 Å². The topological polar surface area (TPSA) is 12.0 Å². The van der Waals surface area contributed by atoms with Gasteiger partial charge < -0.3 is 5.32 Å². The molecule has 0 aromatic heterocycles. The minimum absolute atomic E-state index is 0.665. The van der Waals surface area contributed by atoms with E-state index in [9.17, 15) is 0 Å². The molecule has 4 atom stereocenters. The maximum atomic E-state index is 3.64. The summed E-state index contributed by atoms with van der Waals surface area (Å²) in [7, 11) is 0. The summed E-state index contributed by atoms with van der Waals surface area (Å²) in [5.41, 5.74) is 1.38. The van der Waals surface area contributed by atoms with Gasteiger partial charge in [0, 0.05) is 6.54 Å². The molecule has 0 radical (unpaired) electrons. The molecule has 0 amide bonds. The Labute approximate surface area is 74.9 Å². The second-order valence-electron chi connectivity index (χ2n) is 5.66. The van der Waals surface area contributed by atoms with Crippen LogP contribution in [0.15, 0.2) is 0 Å². The first-order chi connectivity index (χ1) is 5.67. The van der Waals surface area contributed by atoms with Crippen LogP contribution < -0.4 is 5.32 Å². The molecule has 3 fully saturated rings. The van der Waals surface area contributed by atoms with Gasteiger partial charge in [-0.3, -0.25) is 0 Å². The molecule has 2 aliphatic carbocycles. The van der Waals surface area contributed by atoms with Gasteiger partial charge in [-0.25, -0.2) is 0 Å². The van der Waals surface area contributed by atoms with E-state index in [4.69, 9.17) is 0 Å². The summed E-state index contributed by atoms with van der Waals surface area (Å²) in [4.78, 5) is 0. The van der Waals surface area contributed by atoms with E-state index in [0.717, 1.165) is 17.3 Å². The Kier molecular flexibility index (Phi) is 1.16. The van der Waals surface area contributed by atoms with E-state index >= 15 is 0 Å². The standard InChI is InChI=1S/C11H19N/c1-10-4-3-8-5-9(10)11(10,2)7-12-6-8/h8-9,12H,3-7H2,1-2H3. The van der Waals surface area contributed by atoms with E-state index in [1.165, 1.54) is 32.4 Å². The van der Waals surface area contributed by atoms with E-state index in [0.29, 0.717) is 5.41 Å². The van der Waals surface area contributed by atoms with Crippen LogP contribution in [0.2, 0.25) is 0 Å². The van der Waals surface area contributed by atoms with Gasteiger partial charge in [0.05, 0.1) is 0 Å². The van der Waals surface area contributed by atoms with Crippen LogP contribution in [0.1, 0.15) is 33.1 Å². The molecule has 2 bridgehead atoms. The molecule has 1 aliphatic heterocycles. The third kappa shape index (κ3) is 0.618. The minimum atomic E-state index is 0.665. The molecule has 68 valence electrons. The first kappa shape index (κ1) is 7.37. The summed E-state index contributed by atoms with van der Waals surface area (Å²) in [6.07, 6.45) is 4.50. The average Bonchev–Trinajstić information content (AvgIpc) is 2.56. The van der Waals surface area contributed by atoms with Crippen LogP contribution in [0.25, 0.3) is 0 Å². The maximum Gasteiger partial charge on any atom is 0.00135 e. The summed E-state index contributed by atoms with van der Waals surface area (Å²) in [6, 6.07) is 0. The van der Waals surface area contributed by atoms with Crippen molar-refractivity contribution < 1.29 is 0 Å². The van der Waals surface area contributed by atoms with Crippen LogP contribution >= 0.6 is 0 Å². The van der Waals surface area contributed by atoms with Crippen LogP contribution in [0, 0.1) is 22.7 Å². The Morgan fingerprint density at radius 3 is 2.92 bits per heavy atom. The van der Waals surface area contributed by atoms with Gasteiger partial charge in [0.25, 0.3) is 0 Å². The number of rotatable bonds is 0. The first-order valence-electron chi connectivity index (χ1n) is 5.37. The zero-order valence-electron chi connectivity index (χ0n) is 8.19. The van der Waals surface area contributed by atoms with Gasteiger partial charge in [0.2, 0.25) is 0 Å². The highest BCUT2D eigenvalue weighted by molar-refractivity contribution is 5.21. The fourth-order valence-corrected chi connectivity index (χ4v) is 4.06. The van der Waals surface area contributed by atoms with Crippen molar-refractivity contribution in [1.82, 2.24) is 5.32 Å². The molecule has 4 unspecified atom stereocenters. The molecule has 1 nitrogen and oxygen atoms in total. The Morgan fingerprint density at radius 2 is 2.08 bits per heavy atom. The third-order valence-electron chi connectivity index (χ3n) is 5.33. The lowest BCUT2D eigenvalue weighted by molar-refractivity contribution is 0.245. The SMILES string of the molecule is CC12CCC3CNCC1(C)C2C3. The number of hydrogen-bond donors (Lipinski definition) is 1. The van der Waals surface area contributed by atoms with Crippen molar-refractivity contribution in [3.05, 3.63) is 0 Å². The van der Waals surface area contributed by atoms with Gasteiger partial charge in [-0.05, 0) is 48.5 Å². The van der Waals surface area contributed by atoms with Crippen molar-refractivity contribution in [2.45, 2.75) is 33.1 Å². The second-order valence-corrected chi connectivity index (χ2v) is 5.66. The van der Waals surface area contributed by atoms with Gasteiger partial charge in [-0.2, -0.15) is 0 Å². The maximum absolute atomic E-state index is 3.64. The van der Waals surface area contributed by atoms with Crippen LogP contribution in [0.5, 0.6) is 0 Å². The fraction of sp³-hybridized carbons (Fsp3) is 1.00. The zero-order chi connectivity index (χ0) is 8.40. The Morgan fingerprint density at radius 1 is 1.25 bits per heavy atom.